The summed E-state index contributed by atoms with van der Waals surface area (Å²) in [5, 5.41) is 3.17. The normalized spacial score (nSPS) is 11.1. The Morgan fingerprint density at radius 2 is 1.80 bits per heavy atom. The Balaban J connectivity index is 3.15. The van der Waals surface area contributed by atoms with Crippen LogP contribution in [0.2, 0.25) is 0 Å². The smallest absolute Gasteiger partial charge is 0.218 e. The predicted molar refractivity (Wildman–Crippen MR) is 48.4 cm³/mol. The van der Waals surface area contributed by atoms with Crippen LogP contribution in [-0.2, 0) is 9.84 Å². The fourth-order valence-corrected chi connectivity index (χ4v) is 1.58. The van der Waals surface area contributed by atoms with Crippen LogP contribution in [0.25, 0.3) is 10.4 Å². The molecule has 0 amide bonds. The highest BCUT2D eigenvalue weighted by atomic mass is 32.2. The summed E-state index contributed by atoms with van der Waals surface area (Å²) in [7, 11) is -4.58. The van der Waals surface area contributed by atoms with Gasteiger partial charge >= 0.3 is 5.76 Å². The Morgan fingerprint density at radius 1 is 1.27 bits per heavy atom. The van der Waals surface area contributed by atoms with Crippen molar-refractivity contribution in [3.8, 4) is 0 Å². The molecule has 0 saturated heterocycles. The van der Waals surface area contributed by atoms with E-state index in [9.17, 15) is 17.2 Å². The Morgan fingerprint density at radius 3 is 2.20 bits per heavy atom. The predicted octanol–water partition coefficient (Wildman–Crippen LogP) is 2.62. The maximum atomic E-state index is 12.1. The molecule has 1 rings (SSSR count). The number of hydrogen-bond acceptors (Lipinski definition) is 3. The van der Waals surface area contributed by atoms with E-state index in [1.807, 2.05) is 0 Å². The summed E-state index contributed by atoms with van der Waals surface area (Å²) in [5.41, 5.74) is 8.22. The zero-order valence-electron chi connectivity index (χ0n) is 7.21. The number of halogens is 2. The number of rotatable bonds is 3. The molecule has 0 aliphatic heterocycles. The van der Waals surface area contributed by atoms with Gasteiger partial charge in [0.15, 0.2) is 0 Å². The van der Waals surface area contributed by atoms with Crippen molar-refractivity contribution in [1.82, 2.24) is 0 Å². The Hall–Kier alpha value is -1.66. The van der Waals surface area contributed by atoms with Gasteiger partial charge < -0.3 is 0 Å². The van der Waals surface area contributed by atoms with Crippen molar-refractivity contribution in [3.63, 3.8) is 0 Å². The molecule has 0 heterocycles. The van der Waals surface area contributed by atoms with Gasteiger partial charge in [0, 0.05) is 10.6 Å². The van der Waals surface area contributed by atoms with Gasteiger partial charge in [0.1, 0.15) is 0 Å². The topological polar surface area (TPSA) is 82.9 Å². The van der Waals surface area contributed by atoms with Gasteiger partial charge in [0.05, 0.1) is 4.90 Å². The van der Waals surface area contributed by atoms with Crippen molar-refractivity contribution in [3.05, 3.63) is 34.7 Å². The molecule has 0 radical (unpaired) electrons. The van der Waals surface area contributed by atoms with E-state index in [0.717, 1.165) is 24.3 Å². The van der Waals surface area contributed by atoms with E-state index in [4.69, 9.17) is 5.53 Å². The van der Waals surface area contributed by atoms with Gasteiger partial charge in [-0.3, -0.25) is 0 Å². The molecule has 15 heavy (non-hydrogen) atoms. The van der Waals surface area contributed by atoms with Crippen LogP contribution in [0.4, 0.5) is 14.5 Å². The second-order valence-corrected chi connectivity index (χ2v) is 4.41. The van der Waals surface area contributed by atoms with E-state index >= 15 is 0 Å². The fourth-order valence-electron chi connectivity index (χ4n) is 0.857. The minimum absolute atomic E-state index is 0.158. The van der Waals surface area contributed by atoms with Crippen molar-refractivity contribution in [2.24, 2.45) is 5.11 Å². The average molecular weight is 233 g/mol. The lowest BCUT2D eigenvalue weighted by molar-refractivity contribution is 0.234. The zero-order chi connectivity index (χ0) is 11.5. The van der Waals surface area contributed by atoms with Crippen molar-refractivity contribution in [1.29, 1.82) is 0 Å². The molecule has 0 atom stereocenters. The van der Waals surface area contributed by atoms with Gasteiger partial charge in [-0.25, -0.2) is 8.42 Å². The number of benzene rings is 1. The molecule has 8 heteroatoms. The van der Waals surface area contributed by atoms with E-state index in [1.165, 1.54) is 0 Å². The molecule has 5 nitrogen and oxygen atoms in total. The summed E-state index contributed by atoms with van der Waals surface area (Å²) in [6, 6.07) is 4.22. The molecule has 0 unspecified atom stereocenters. The minimum atomic E-state index is -4.58. The van der Waals surface area contributed by atoms with E-state index in [0.29, 0.717) is 0 Å². The molecular formula is C7H5F2N3O2S. The maximum Gasteiger partial charge on any atom is 0.341 e. The average Bonchev–Trinajstić information content (AvgIpc) is 2.19. The second-order valence-electron chi connectivity index (χ2n) is 2.49. The molecule has 0 bridgehead atoms. The summed E-state index contributed by atoms with van der Waals surface area (Å²) in [6.07, 6.45) is 0. The summed E-state index contributed by atoms with van der Waals surface area (Å²) in [6.45, 7) is 0. The van der Waals surface area contributed by atoms with E-state index in [1.54, 1.807) is 0 Å². The molecule has 1 aromatic carbocycles. The number of azide groups is 1. The summed E-state index contributed by atoms with van der Waals surface area (Å²) in [4.78, 5) is 1.96. The van der Waals surface area contributed by atoms with Gasteiger partial charge in [-0.05, 0) is 17.7 Å². The lowest BCUT2D eigenvalue weighted by atomic mass is 10.3. The third-order valence-corrected chi connectivity index (χ3v) is 2.96. The summed E-state index contributed by atoms with van der Waals surface area (Å²) >= 11 is 0. The van der Waals surface area contributed by atoms with Crippen molar-refractivity contribution in [2.75, 3.05) is 0 Å². The van der Waals surface area contributed by atoms with Gasteiger partial charge in [-0.15, -0.1) is 0 Å². The van der Waals surface area contributed by atoms with Crippen LogP contribution in [0.5, 0.6) is 0 Å². The first-order chi connectivity index (χ1) is 6.98. The quantitative estimate of drug-likeness (QED) is 0.456. The first-order valence-electron chi connectivity index (χ1n) is 3.65. The lowest BCUT2D eigenvalue weighted by Gasteiger charge is -2.02. The molecule has 0 saturated carbocycles. The van der Waals surface area contributed by atoms with Gasteiger partial charge in [0.2, 0.25) is 9.84 Å². The van der Waals surface area contributed by atoms with Crippen molar-refractivity contribution in [2.45, 2.75) is 10.7 Å². The van der Waals surface area contributed by atoms with Crippen LogP contribution in [0.15, 0.2) is 34.3 Å². The SMILES string of the molecule is [N-]=[N+]=Nc1ccc(S(=O)(=O)C(F)F)cc1. The van der Waals surface area contributed by atoms with Crippen LogP contribution < -0.4 is 0 Å². The van der Waals surface area contributed by atoms with Gasteiger partial charge in [-0.2, -0.15) is 8.78 Å². The fraction of sp³-hybridized carbons (Fsp3) is 0.143. The molecule has 0 aromatic heterocycles. The Kier molecular flexibility index (Phi) is 3.23. The molecule has 0 spiro atoms. The number of nitrogens with zero attached hydrogens (tertiary/aromatic N) is 3. The van der Waals surface area contributed by atoms with E-state index in [2.05, 4.69) is 10.0 Å². The zero-order valence-corrected chi connectivity index (χ0v) is 8.03. The van der Waals surface area contributed by atoms with Gasteiger partial charge in [-0.1, -0.05) is 17.2 Å². The molecule has 0 N–H and O–H groups in total. The largest absolute Gasteiger partial charge is 0.341 e. The first kappa shape index (κ1) is 11.4. The molecule has 80 valence electrons. The van der Waals surface area contributed by atoms with E-state index < -0.39 is 20.5 Å². The van der Waals surface area contributed by atoms with Crippen LogP contribution in [0.3, 0.4) is 0 Å². The number of sulfone groups is 1. The van der Waals surface area contributed by atoms with Crippen LogP contribution in [-0.4, -0.2) is 14.2 Å². The van der Waals surface area contributed by atoms with Crippen molar-refractivity contribution >= 4 is 15.5 Å². The highest BCUT2D eigenvalue weighted by molar-refractivity contribution is 7.91. The number of hydrogen-bond donors (Lipinski definition) is 0. The van der Waals surface area contributed by atoms with Crippen LogP contribution in [0, 0.1) is 0 Å². The first-order valence-corrected chi connectivity index (χ1v) is 5.20. The molecule has 0 fully saturated rings. The third-order valence-electron chi connectivity index (χ3n) is 1.56. The molecule has 0 aliphatic carbocycles. The van der Waals surface area contributed by atoms with E-state index in [-0.39, 0.29) is 5.69 Å². The molecule has 1 aromatic rings. The highest BCUT2D eigenvalue weighted by Gasteiger charge is 2.25. The van der Waals surface area contributed by atoms with Crippen LogP contribution in [0.1, 0.15) is 0 Å². The number of alkyl halides is 2. The monoisotopic (exact) mass is 233 g/mol. The Labute approximate surface area is 83.9 Å². The third kappa shape index (κ3) is 2.42. The maximum absolute atomic E-state index is 12.1. The van der Waals surface area contributed by atoms with Gasteiger partial charge in [0.25, 0.3) is 0 Å². The molecular weight excluding hydrogens is 228 g/mol. The highest BCUT2D eigenvalue weighted by Crippen LogP contribution is 2.21. The standard InChI is InChI=1S/C7H5F2N3O2S/c8-7(9)15(13,14)6-3-1-5(2-4-6)11-12-10/h1-4,7H. The van der Waals surface area contributed by atoms with Crippen LogP contribution >= 0.6 is 0 Å². The lowest BCUT2D eigenvalue weighted by Crippen LogP contribution is -2.10. The molecule has 0 aliphatic rings. The van der Waals surface area contributed by atoms with Crippen molar-refractivity contribution < 1.29 is 17.2 Å². The second kappa shape index (κ2) is 4.24. The summed E-state index contributed by atoms with van der Waals surface area (Å²) < 4.78 is 46.0. The summed E-state index contributed by atoms with van der Waals surface area (Å²) in [5.74, 6) is -3.46. The minimum Gasteiger partial charge on any atom is -0.218 e. The Bertz CT molecular complexity index is 491.